The fourth-order valence-electron chi connectivity index (χ4n) is 1.81. The van der Waals surface area contributed by atoms with Crippen LogP contribution in [0.5, 0.6) is 0 Å². The van der Waals surface area contributed by atoms with Crippen molar-refractivity contribution in [1.29, 1.82) is 0 Å². The Kier molecular flexibility index (Phi) is 5.46. The summed E-state index contributed by atoms with van der Waals surface area (Å²) in [6.07, 6.45) is 1.54. The molecule has 1 aromatic carbocycles. The number of anilines is 1. The third kappa shape index (κ3) is 4.51. The smallest absolute Gasteiger partial charge is 0.257 e. The minimum atomic E-state index is -0.255. The molecule has 2 aromatic rings. The van der Waals surface area contributed by atoms with Crippen molar-refractivity contribution in [1.82, 2.24) is 10.3 Å². The van der Waals surface area contributed by atoms with Gasteiger partial charge in [0.25, 0.3) is 5.91 Å². The van der Waals surface area contributed by atoms with Gasteiger partial charge in [0.1, 0.15) is 5.15 Å². The van der Waals surface area contributed by atoms with Crippen LogP contribution in [0.3, 0.4) is 0 Å². The Morgan fingerprint density at radius 1 is 1.18 bits per heavy atom. The number of nitrogens with zero attached hydrogens (tertiary/aromatic N) is 1. The van der Waals surface area contributed by atoms with Crippen LogP contribution in [0, 0.1) is 0 Å². The Hall–Kier alpha value is -1.98. The van der Waals surface area contributed by atoms with Crippen molar-refractivity contribution in [3.8, 4) is 0 Å². The second-order valence-corrected chi connectivity index (χ2v) is 5.85. The summed E-state index contributed by atoms with van der Waals surface area (Å²) >= 11 is 10.8. The minimum Gasteiger partial charge on any atom is -0.331 e. The molecule has 0 aliphatic rings. The van der Waals surface area contributed by atoms with E-state index in [1.165, 1.54) is 11.8 Å². The number of thiocarbonyl (C=S) groups is 1. The molecule has 114 valence electrons. The Labute approximate surface area is 139 Å². The Morgan fingerprint density at radius 2 is 1.86 bits per heavy atom. The number of benzene rings is 1. The monoisotopic (exact) mass is 333 g/mol. The number of amides is 1. The van der Waals surface area contributed by atoms with Crippen LogP contribution in [0.4, 0.5) is 5.69 Å². The van der Waals surface area contributed by atoms with Crippen molar-refractivity contribution in [2.45, 2.75) is 19.8 Å². The number of nitrogens with one attached hydrogen (secondary N) is 2. The summed E-state index contributed by atoms with van der Waals surface area (Å²) in [6.45, 7) is 4.21. The summed E-state index contributed by atoms with van der Waals surface area (Å²) in [6, 6.07) is 10.8. The average molecular weight is 334 g/mol. The van der Waals surface area contributed by atoms with Crippen molar-refractivity contribution in [2.24, 2.45) is 0 Å². The first-order chi connectivity index (χ1) is 10.5. The molecule has 2 N–H and O–H groups in total. The van der Waals surface area contributed by atoms with E-state index in [2.05, 4.69) is 29.5 Å². The first-order valence-electron chi connectivity index (χ1n) is 6.79. The number of carbonyl (C=O) groups excluding carboxylic acids is 1. The molecule has 0 unspecified atom stereocenters. The fourth-order valence-corrected chi connectivity index (χ4v) is 2.13. The van der Waals surface area contributed by atoms with Gasteiger partial charge in [0.2, 0.25) is 0 Å². The van der Waals surface area contributed by atoms with Gasteiger partial charge in [-0.1, -0.05) is 37.6 Å². The summed E-state index contributed by atoms with van der Waals surface area (Å²) in [5.41, 5.74) is 2.40. The maximum Gasteiger partial charge on any atom is 0.257 e. The molecule has 0 aliphatic heterocycles. The summed E-state index contributed by atoms with van der Waals surface area (Å²) < 4.78 is 0. The molecule has 0 fully saturated rings. The SMILES string of the molecule is CC(C)c1ccc(C(=O)NC(=S)Nc2ccc(Cl)nc2)cc1. The highest BCUT2D eigenvalue weighted by Crippen LogP contribution is 2.14. The van der Waals surface area contributed by atoms with Crippen molar-refractivity contribution in [3.05, 3.63) is 58.9 Å². The second-order valence-electron chi connectivity index (χ2n) is 5.05. The number of hydrogen-bond donors (Lipinski definition) is 2. The topological polar surface area (TPSA) is 54.0 Å². The van der Waals surface area contributed by atoms with Gasteiger partial charge in [-0.15, -0.1) is 0 Å². The number of rotatable bonds is 3. The van der Waals surface area contributed by atoms with Gasteiger partial charge in [-0.25, -0.2) is 4.98 Å². The summed E-state index contributed by atoms with van der Waals surface area (Å²) in [7, 11) is 0. The van der Waals surface area contributed by atoms with Gasteiger partial charge in [-0.05, 0) is 48.0 Å². The predicted octanol–water partition coefficient (Wildman–Crippen LogP) is 3.99. The van der Waals surface area contributed by atoms with Crippen molar-refractivity contribution in [2.75, 3.05) is 5.32 Å². The zero-order valence-electron chi connectivity index (χ0n) is 12.3. The van der Waals surface area contributed by atoms with Crippen LogP contribution in [0.2, 0.25) is 5.15 Å². The van der Waals surface area contributed by atoms with Gasteiger partial charge in [0, 0.05) is 5.56 Å². The van der Waals surface area contributed by atoms with E-state index < -0.39 is 0 Å². The second kappa shape index (κ2) is 7.33. The molecule has 1 heterocycles. The molecule has 4 nitrogen and oxygen atoms in total. The zero-order chi connectivity index (χ0) is 16.1. The molecule has 2 rings (SSSR count). The number of halogens is 1. The lowest BCUT2D eigenvalue weighted by atomic mass is 10.0. The third-order valence-corrected chi connectivity index (χ3v) is 3.48. The standard InChI is InChI=1S/C16H16ClN3OS/c1-10(2)11-3-5-12(6-4-11)15(21)20-16(22)19-13-7-8-14(17)18-9-13/h3-10H,1-2H3,(H2,19,20,21,22). The van der Waals surface area contributed by atoms with Gasteiger partial charge in [-0.3, -0.25) is 10.1 Å². The molecule has 0 aliphatic carbocycles. The molecule has 0 spiro atoms. The predicted molar refractivity (Wildman–Crippen MR) is 93.5 cm³/mol. The summed E-state index contributed by atoms with van der Waals surface area (Å²) in [5.74, 6) is 0.173. The van der Waals surface area contributed by atoms with Crippen LogP contribution in [0.1, 0.15) is 35.7 Å². The molecular weight excluding hydrogens is 318 g/mol. The van der Waals surface area contributed by atoms with E-state index >= 15 is 0 Å². The molecule has 1 aromatic heterocycles. The maximum atomic E-state index is 12.1. The highest BCUT2D eigenvalue weighted by Gasteiger charge is 2.09. The van der Waals surface area contributed by atoms with E-state index in [1.807, 2.05) is 12.1 Å². The van der Waals surface area contributed by atoms with E-state index in [-0.39, 0.29) is 11.0 Å². The molecule has 0 saturated heterocycles. The van der Waals surface area contributed by atoms with Gasteiger partial charge in [0.05, 0.1) is 11.9 Å². The van der Waals surface area contributed by atoms with E-state index in [0.717, 1.165) is 0 Å². The Bertz CT molecular complexity index is 669. The number of carbonyl (C=O) groups is 1. The molecule has 1 amide bonds. The molecule has 0 bridgehead atoms. The van der Waals surface area contributed by atoms with Gasteiger partial charge in [-0.2, -0.15) is 0 Å². The van der Waals surface area contributed by atoms with E-state index in [1.54, 1.807) is 24.3 Å². The number of pyridine rings is 1. The van der Waals surface area contributed by atoms with E-state index in [4.69, 9.17) is 23.8 Å². The first-order valence-corrected chi connectivity index (χ1v) is 7.58. The lowest BCUT2D eigenvalue weighted by Gasteiger charge is -2.10. The Morgan fingerprint density at radius 3 is 2.41 bits per heavy atom. The highest BCUT2D eigenvalue weighted by atomic mass is 35.5. The van der Waals surface area contributed by atoms with Gasteiger partial charge < -0.3 is 5.32 Å². The largest absolute Gasteiger partial charge is 0.331 e. The number of aromatic nitrogens is 1. The fraction of sp³-hybridized carbons (Fsp3) is 0.188. The van der Waals surface area contributed by atoms with Crippen LogP contribution in [-0.2, 0) is 0 Å². The minimum absolute atomic E-state index is 0.210. The molecule has 0 radical (unpaired) electrons. The zero-order valence-corrected chi connectivity index (χ0v) is 13.8. The normalized spacial score (nSPS) is 10.4. The third-order valence-electron chi connectivity index (χ3n) is 3.05. The van der Waals surface area contributed by atoms with Crippen LogP contribution >= 0.6 is 23.8 Å². The molecule has 22 heavy (non-hydrogen) atoms. The average Bonchev–Trinajstić information content (AvgIpc) is 2.49. The quantitative estimate of drug-likeness (QED) is 0.659. The lowest BCUT2D eigenvalue weighted by Crippen LogP contribution is -2.34. The van der Waals surface area contributed by atoms with Gasteiger partial charge in [0.15, 0.2) is 5.11 Å². The molecule has 6 heteroatoms. The molecule has 0 atom stereocenters. The van der Waals surface area contributed by atoms with Crippen LogP contribution < -0.4 is 10.6 Å². The van der Waals surface area contributed by atoms with Crippen molar-refractivity contribution < 1.29 is 4.79 Å². The van der Waals surface area contributed by atoms with E-state index in [9.17, 15) is 4.79 Å². The molecular formula is C16H16ClN3OS. The summed E-state index contributed by atoms with van der Waals surface area (Å²) in [4.78, 5) is 16.0. The summed E-state index contributed by atoms with van der Waals surface area (Å²) in [5, 5.41) is 6.11. The van der Waals surface area contributed by atoms with Crippen LogP contribution in [0.25, 0.3) is 0 Å². The number of hydrogen-bond acceptors (Lipinski definition) is 3. The van der Waals surface area contributed by atoms with Crippen molar-refractivity contribution >= 4 is 40.5 Å². The van der Waals surface area contributed by atoms with Gasteiger partial charge >= 0.3 is 0 Å². The Balaban J connectivity index is 1.96. The molecule has 0 saturated carbocycles. The van der Waals surface area contributed by atoms with E-state index in [0.29, 0.717) is 22.3 Å². The van der Waals surface area contributed by atoms with Crippen molar-refractivity contribution in [3.63, 3.8) is 0 Å². The van der Waals surface area contributed by atoms with Crippen LogP contribution in [0.15, 0.2) is 42.6 Å². The first kappa shape index (κ1) is 16.4. The highest BCUT2D eigenvalue weighted by molar-refractivity contribution is 7.80. The lowest BCUT2D eigenvalue weighted by molar-refractivity contribution is 0.0977. The maximum absolute atomic E-state index is 12.1. The van der Waals surface area contributed by atoms with Crippen LogP contribution in [-0.4, -0.2) is 16.0 Å².